The number of hydrogen-bond acceptors (Lipinski definition) is 3. The molecule has 0 aromatic heterocycles. The molecule has 1 saturated heterocycles. The maximum absolute atomic E-state index is 11.5. The molecule has 1 rings (SSSR count). The lowest BCUT2D eigenvalue weighted by Crippen LogP contribution is -2.53. The first-order valence-corrected chi connectivity index (χ1v) is 4.84. The minimum Gasteiger partial charge on any atom is -0.328 e. The minimum absolute atomic E-state index is 0. The first kappa shape index (κ1) is 14.2. The Morgan fingerprint density at radius 2 is 2.00 bits per heavy atom. The first-order valence-electron chi connectivity index (χ1n) is 4.84. The van der Waals surface area contributed by atoms with Gasteiger partial charge < -0.3 is 11.1 Å². The Kier molecular flexibility index (Phi) is 5.03. The van der Waals surface area contributed by atoms with Gasteiger partial charge in [0.25, 0.3) is 5.91 Å². The summed E-state index contributed by atoms with van der Waals surface area (Å²) in [5.74, 6) is 0.189. The predicted octanol–water partition coefficient (Wildman–Crippen LogP) is 0.381. The molecule has 0 aliphatic carbocycles. The first-order chi connectivity index (χ1) is 6.50. The minimum atomic E-state index is -0.874. The highest BCUT2D eigenvalue weighted by atomic mass is 35.5. The molecule has 15 heavy (non-hydrogen) atoms. The third-order valence-corrected chi connectivity index (χ3v) is 2.51. The van der Waals surface area contributed by atoms with Crippen LogP contribution in [0.4, 0.5) is 4.79 Å². The van der Waals surface area contributed by atoms with Gasteiger partial charge in [-0.1, -0.05) is 13.8 Å². The van der Waals surface area contributed by atoms with E-state index in [1.165, 1.54) is 0 Å². The maximum Gasteiger partial charge on any atom is 0.322 e. The molecule has 1 aliphatic rings. The number of urea groups is 1. The fraction of sp³-hybridized carbons (Fsp3) is 0.778. The van der Waals surface area contributed by atoms with Gasteiger partial charge in [-0.05, 0) is 18.8 Å². The van der Waals surface area contributed by atoms with Crippen LogP contribution < -0.4 is 16.4 Å². The van der Waals surface area contributed by atoms with Crippen molar-refractivity contribution in [3.05, 3.63) is 0 Å². The summed E-state index contributed by atoms with van der Waals surface area (Å²) in [6.07, 6.45) is 1.46. The number of carbonyl (C=O) groups excluding carboxylic acids is 2. The van der Waals surface area contributed by atoms with E-state index in [0.717, 1.165) is 6.42 Å². The molecule has 4 N–H and O–H groups in total. The largest absolute Gasteiger partial charge is 0.328 e. The average Bonchev–Trinajstić information content (AvgIpc) is 2.38. The number of carbonyl (C=O) groups is 2. The van der Waals surface area contributed by atoms with E-state index in [9.17, 15) is 9.59 Å². The van der Waals surface area contributed by atoms with Crippen molar-refractivity contribution >= 4 is 24.3 Å². The Balaban J connectivity index is 0.00000196. The molecule has 0 radical (unpaired) electrons. The summed E-state index contributed by atoms with van der Waals surface area (Å²) in [6.45, 7) is 4.29. The third kappa shape index (κ3) is 3.07. The molecule has 1 unspecified atom stereocenters. The Bertz CT molecular complexity index is 258. The molecule has 0 aromatic rings. The second-order valence-electron chi connectivity index (χ2n) is 4.13. The smallest absolute Gasteiger partial charge is 0.322 e. The van der Waals surface area contributed by atoms with Crippen LogP contribution in [0.3, 0.4) is 0 Å². The Labute approximate surface area is 95.6 Å². The van der Waals surface area contributed by atoms with Gasteiger partial charge in [-0.2, -0.15) is 0 Å². The molecule has 0 saturated carbocycles. The number of nitrogens with one attached hydrogen (secondary N) is 2. The lowest BCUT2D eigenvalue weighted by molar-refractivity contribution is -0.124. The van der Waals surface area contributed by atoms with Crippen molar-refractivity contribution in [1.82, 2.24) is 10.6 Å². The van der Waals surface area contributed by atoms with Crippen LogP contribution in [0.25, 0.3) is 0 Å². The molecule has 6 heteroatoms. The Morgan fingerprint density at radius 1 is 1.40 bits per heavy atom. The van der Waals surface area contributed by atoms with Gasteiger partial charge in [0.05, 0.1) is 0 Å². The fourth-order valence-corrected chi connectivity index (χ4v) is 1.48. The van der Waals surface area contributed by atoms with Gasteiger partial charge in [-0.25, -0.2) is 4.79 Å². The molecule has 5 nitrogen and oxygen atoms in total. The topological polar surface area (TPSA) is 84.2 Å². The second-order valence-corrected chi connectivity index (χ2v) is 4.13. The van der Waals surface area contributed by atoms with Crippen LogP contribution in [-0.2, 0) is 4.79 Å². The van der Waals surface area contributed by atoms with Crippen molar-refractivity contribution in [3.63, 3.8) is 0 Å². The van der Waals surface area contributed by atoms with E-state index in [0.29, 0.717) is 12.3 Å². The number of hydrogen-bond donors (Lipinski definition) is 3. The zero-order chi connectivity index (χ0) is 10.8. The lowest BCUT2D eigenvalue weighted by atomic mass is 9.90. The van der Waals surface area contributed by atoms with Crippen molar-refractivity contribution < 1.29 is 9.59 Å². The van der Waals surface area contributed by atoms with Gasteiger partial charge >= 0.3 is 6.03 Å². The van der Waals surface area contributed by atoms with Crippen molar-refractivity contribution in [2.75, 3.05) is 6.54 Å². The molecule has 1 aliphatic heterocycles. The van der Waals surface area contributed by atoms with E-state index in [2.05, 4.69) is 24.5 Å². The van der Waals surface area contributed by atoms with Crippen LogP contribution in [-0.4, -0.2) is 24.0 Å². The van der Waals surface area contributed by atoms with Crippen LogP contribution in [0.2, 0.25) is 0 Å². The molecule has 0 aromatic carbocycles. The number of nitrogens with two attached hydrogens (primary N) is 1. The van der Waals surface area contributed by atoms with E-state index in [4.69, 9.17) is 5.73 Å². The van der Waals surface area contributed by atoms with Gasteiger partial charge in [0, 0.05) is 6.54 Å². The lowest BCUT2D eigenvalue weighted by Gasteiger charge is -2.24. The molecule has 1 atom stereocenters. The Hall–Kier alpha value is -0.810. The zero-order valence-corrected chi connectivity index (χ0v) is 9.82. The summed E-state index contributed by atoms with van der Waals surface area (Å²) in [7, 11) is 0. The quantitative estimate of drug-likeness (QED) is 0.616. The number of halogens is 1. The molecule has 88 valence electrons. The number of imide groups is 1. The molecule has 1 heterocycles. The van der Waals surface area contributed by atoms with Crippen LogP contribution in [0.5, 0.6) is 0 Å². The fourth-order valence-electron chi connectivity index (χ4n) is 1.48. The highest BCUT2D eigenvalue weighted by Gasteiger charge is 2.44. The van der Waals surface area contributed by atoms with E-state index >= 15 is 0 Å². The van der Waals surface area contributed by atoms with Crippen LogP contribution in [0.15, 0.2) is 0 Å². The zero-order valence-electron chi connectivity index (χ0n) is 9.00. The van der Waals surface area contributed by atoms with Gasteiger partial charge in [-0.3, -0.25) is 10.1 Å². The second kappa shape index (κ2) is 5.32. The highest BCUT2D eigenvalue weighted by molar-refractivity contribution is 6.07. The van der Waals surface area contributed by atoms with E-state index in [1.807, 2.05) is 0 Å². The summed E-state index contributed by atoms with van der Waals surface area (Å²) in [5, 5.41) is 4.81. The van der Waals surface area contributed by atoms with Crippen molar-refractivity contribution in [2.45, 2.75) is 32.2 Å². The van der Waals surface area contributed by atoms with Crippen LogP contribution >= 0.6 is 12.4 Å². The summed E-state index contributed by atoms with van der Waals surface area (Å²) in [4.78, 5) is 22.4. The monoisotopic (exact) mass is 235 g/mol. The van der Waals surface area contributed by atoms with E-state index in [-0.39, 0.29) is 24.9 Å². The van der Waals surface area contributed by atoms with Gasteiger partial charge in [0.2, 0.25) is 0 Å². The van der Waals surface area contributed by atoms with Crippen LogP contribution in [0.1, 0.15) is 26.7 Å². The van der Waals surface area contributed by atoms with Gasteiger partial charge in [0.15, 0.2) is 0 Å². The average molecular weight is 236 g/mol. The summed E-state index contributed by atoms with van der Waals surface area (Å²) >= 11 is 0. The molecule has 0 spiro atoms. The maximum atomic E-state index is 11.5. The Morgan fingerprint density at radius 3 is 2.33 bits per heavy atom. The molecular weight excluding hydrogens is 218 g/mol. The molecule has 1 fully saturated rings. The van der Waals surface area contributed by atoms with Crippen molar-refractivity contribution in [1.29, 1.82) is 0 Å². The third-order valence-electron chi connectivity index (χ3n) is 2.51. The highest BCUT2D eigenvalue weighted by Crippen LogP contribution is 2.19. The number of amides is 3. The molecular formula is C9H18ClN3O2. The summed E-state index contributed by atoms with van der Waals surface area (Å²) in [5.41, 5.74) is 4.66. The SMILES string of the molecule is CC(C)CCC1(CN)NC(=O)NC1=O.Cl. The molecule has 3 amide bonds. The van der Waals surface area contributed by atoms with Crippen molar-refractivity contribution in [3.8, 4) is 0 Å². The van der Waals surface area contributed by atoms with Gasteiger partial charge in [-0.15, -0.1) is 12.4 Å². The normalized spacial score (nSPS) is 24.8. The van der Waals surface area contributed by atoms with E-state index in [1.54, 1.807) is 0 Å². The summed E-state index contributed by atoms with van der Waals surface area (Å²) in [6, 6.07) is -0.441. The van der Waals surface area contributed by atoms with Gasteiger partial charge in [0.1, 0.15) is 5.54 Å². The van der Waals surface area contributed by atoms with E-state index < -0.39 is 11.6 Å². The van der Waals surface area contributed by atoms with Crippen molar-refractivity contribution in [2.24, 2.45) is 11.7 Å². The standard InChI is InChI=1S/C9H17N3O2.ClH/c1-6(2)3-4-9(5-10)7(13)11-8(14)12-9;/h6H,3-5,10H2,1-2H3,(H2,11,12,13,14);1H. The number of rotatable bonds is 4. The molecule has 0 bridgehead atoms. The summed E-state index contributed by atoms with van der Waals surface area (Å²) < 4.78 is 0. The van der Waals surface area contributed by atoms with Crippen LogP contribution in [0, 0.1) is 5.92 Å². The predicted molar refractivity (Wildman–Crippen MR) is 59.8 cm³/mol.